The zero-order chi connectivity index (χ0) is 12.3. The third-order valence-corrected chi connectivity index (χ3v) is 3.69. The van der Waals surface area contributed by atoms with E-state index in [0.29, 0.717) is 0 Å². The lowest BCUT2D eigenvalue weighted by atomic mass is 9.85. The highest BCUT2D eigenvalue weighted by atomic mass is 16.5. The molecule has 94 valence electrons. The number of hydrogen-bond acceptors (Lipinski definition) is 1. The topological polar surface area (TPSA) is 9.23 Å². The Labute approximate surface area is 105 Å². The highest BCUT2D eigenvalue weighted by molar-refractivity contribution is 5.27. The van der Waals surface area contributed by atoms with Gasteiger partial charge in [-0.05, 0) is 41.7 Å². The smallest absolute Gasteiger partial charge is 0.0468 e. The average molecular weight is 232 g/mol. The standard InChI is InChI=1S/C16H24O/c1-16(2,3)15-6-4-13(5-7-15)12-14-8-10-17-11-9-14/h4-7,14H,8-12H2,1-3H3. The number of ether oxygens (including phenoxy) is 1. The molecule has 1 fully saturated rings. The first-order valence-corrected chi connectivity index (χ1v) is 6.73. The van der Waals surface area contributed by atoms with Crippen molar-refractivity contribution in [2.75, 3.05) is 13.2 Å². The zero-order valence-electron chi connectivity index (χ0n) is 11.3. The van der Waals surface area contributed by atoms with Crippen molar-refractivity contribution in [1.29, 1.82) is 0 Å². The summed E-state index contributed by atoms with van der Waals surface area (Å²) in [5.74, 6) is 0.823. The van der Waals surface area contributed by atoms with E-state index in [2.05, 4.69) is 45.0 Å². The Bertz CT molecular complexity index is 339. The van der Waals surface area contributed by atoms with Crippen LogP contribution in [0.5, 0.6) is 0 Å². The average Bonchev–Trinajstić information content (AvgIpc) is 2.30. The lowest BCUT2D eigenvalue weighted by molar-refractivity contribution is 0.0665. The van der Waals surface area contributed by atoms with E-state index in [9.17, 15) is 0 Å². The van der Waals surface area contributed by atoms with Crippen molar-refractivity contribution in [3.8, 4) is 0 Å². The van der Waals surface area contributed by atoms with Crippen LogP contribution in [0.3, 0.4) is 0 Å². The van der Waals surface area contributed by atoms with Crippen molar-refractivity contribution in [3.63, 3.8) is 0 Å². The summed E-state index contributed by atoms with van der Waals surface area (Å²) in [5, 5.41) is 0. The SMILES string of the molecule is CC(C)(C)c1ccc(CC2CCOCC2)cc1. The molecule has 0 bridgehead atoms. The summed E-state index contributed by atoms with van der Waals surface area (Å²) in [5.41, 5.74) is 3.16. The van der Waals surface area contributed by atoms with Gasteiger partial charge in [0.1, 0.15) is 0 Å². The summed E-state index contributed by atoms with van der Waals surface area (Å²) < 4.78 is 5.40. The molecule has 1 aliphatic rings. The molecule has 1 nitrogen and oxygen atoms in total. The summed E-state index contributed by atoms with van der Waals surface area (Å²) in [4.78, 5) is 0. The maximum atomic E-state index is 5.40. The summed E-state index contributed by atoms with van der Waals surface area (Å²) in [6.45, 7) is 8.69. The van der Waals surface area contributed by atoms with E-state index in [1.54, 1.807) is 0 Å². The van der Waals surface area contributed by atoms with Crippen LogP contribution in [-0.2, 0) is 16.6 Å². The molecule has 0 unspecified atom stereocenters. The Morgan fingerprint density at radius 2 is 1.65 bits per heavy atom. The van der Waals surface area contributed by atoms with Crippen molar-refractivity contribution >= 4 is 0 Å². The van der Waals surface area contributed by atoms with Crippen molar-refractivity contribution in [3.05, 3.63) is 35.4 Å². The van der Waals surface area contributed by atoms with Crippen LogP contribution in [0.4, 0.5) is 0 Å². The molecule has 1 aliphatic heterocycles. The molecule has 0 amide bonds. The van der Waals surface area contributed by atoms with Crippen molar-refractivity contribution in [2.45, 2.75) is 45.4 Å². The molecule has 1 heterocycles. The normalized spacial score (nSPS) is 18.3. The molecular weight excluding hydrogens is 208 g/mol. The van der Waals surface area contributed by atoms with Gasteiger partial charge in [0.2, 0.25) is 0 Å². The Balaban J connectivity index is 1.98. The molecule has 1 heteroatoms. The fourth-order valence-electron chi connectivity index (χ4n) is 2.42. The monoisotopic (exact) mass is 232 g/mol. The Morgan fingerprint density at radius 1 is 1.06 bits per heavy atom. The van der Waals surface area contributed by atoms with Gasteiger partial charge in [-0.3, -0.25) is 0 Å². The van der Waals surface area contributed by atoms with Crippen LogP contribution in [0.2, 0.25) is 0 Å². The summed E-state index contributed by atoms with van der Waals surface area (Å²) in [6, 6.07) is 9.18. The third-order valence-electron chi connectivity index (χ3n) is 3.69. The van der Waals surface area contributed by atoms with Crippen molar-refractivity contribution in [2.24, 2.45) is 5.92 Å². The third kappa shape index (κ3) is 3.57. The Morgan fingerprint density at radius 3 is 2.18 bits per heavy atom. The molecule has 1 aromatic carbocycles. The number of rotatable bonds is 2. The minimum absolute atomic E-state index is 0.261. The van der Waals surface area contributed by atoms with Gasteiger partial charge in [-0.25, -0.2) is 0 Å². The molecule has 0 N–H and O–H groups in total. The van der Waals surface area contributed by atoms with Gasteiger partial charge in [0.05, 0.1) is 0 Å². The first-order valence-electron chi connectivity index (χ1n) is 6.73. The van der Waals surface area contributed by atoms with Crippen molar-refractivity contribution < 1.29 is 4.74 Å². The van der Waals surface area contributed by atoms with Gasteiger partial charge in [-0.1, -0.05) is 45.0 Å². The second kappa shape index (κ2) is 5.22. The molecule has 17 heavy (non-hydrogen) atoms. The maximum Gasteiger partial charge on any atom is 0.0468 e. The van der Waals surface area contributed by atoms with E-state index in [-0.39, 0.29) is 5.41 Å². The largest absolute Gasteiger partial charge is 0.381 e. The number of benzene rings is 1. The molecule has 2 rings (SSSR count). The summed E-state index contributed by atoms with van der Waals surface area (Å²) in [6.07, 6.45) is 3.66. The van der Waals surface area contributed by atoms with Gasteiger partial charge >= 0.3 is 0 Å². The van der Waals surface area contributed by atoms with E-state index in [1.165, 1.54) is 30.4 Å². The van der Waals surface area contributed by atoms with Gasteiger partial charge in [-0.15, -0.1) is 0 Å². The summed E-state index contributed by atoms with van der Waals surface area (Å²) in [7, 11) is 0. The van der Waals surface area contributed by atoms with Crippen LogP contribution in [0.25, 0.3) is 0 Å². The van der Waals surface area contributed by atoms with Crippen LogP contribution >= 0.6 is 0 Å². The van der Waals surface area contributed by atoms with E-state index < -0.39 is 0 Å². The highest BCUT2D eigenvalue weighted by Crippen LogP contribution is 2.24. The van der Waals surface area contributed by atoms with Crippen LogP contribution in [-0.4, -0.2) is 13.2 Å². The fraction of sp³-hybridized carbons (Fsp3) is 0.625. The molecule has 0 spiro atoms. The molecule has 0 aromatic heterocycles. The molecule has 0 saturated carbocycles. The first kappa shape index (κ1) is 12.6. The summed E-state index contributed by atoms with van der Waals surface area (Å²) >= 11 is 0. The lowest BCUT2D eigenvalue weighted by Crippen LogP contribution is -2.17. The Hall–Kier alpha value is -0.820. The van der Waals surface area contributed by atoms with Crippen LogP contribution in [0.15, 0.2) is 24.3 Å². The lowest BCUT2D eigenvalue weighted by Gasteiger charge is -2.23. The van der Waals surface area contributed by atoms with Crippen molar-refractivity contribution in [1.82, 2.24) is 0 Å². The minimum atomic E-state index is 0.261. The Kier molecular flexibility index (Phi) is 3.88. The minimum Gasteiger partial charge on any atom is -0.381 e. The van der Waals surface area contributed by atoms with Crippen LogP contribution in [0.1, 0.15) is 44.7 Å². The highest BCUT2D eigenvalue weighted by Gasteiger charge is 2.16. The van der Waals surface area contributed by atoms with Crippen LogP contribution in [0, 0.1) is 5.92 Å². The van der Waals surface area contributed by atoms with E-state index in [1.807, 2.05) is 0 Å². The van der Waals surface area contributed by atoms with Gasteiger partial charge < -0.3 is 4.74 Å². The second-order valence-electron chi connectivity index (χ2n) is 6.21. The molecule has 0 radical (unpaired) electrons. The van der Waals surface area contributed by atoms with E-state index in [4.69, 9.17) is 4.74 Å². The fourth-order valence-corrected chi connectivity index (χ4v) is 2.42. The van der Waals surface area contributed by atoms with E-state index >= 15 is 0 Å². The second-order valence-corrected chi connectivity index (χ2v) is 6.21. The predicted octanol–water partition coefficient (Wildman–Crippen LogP) is 3.95. The molecular formula is C16H24O. The van der Waals surface area contributed by atoms with E-state index in [0.717, 1.165) is 19.1 Å². The molecule has 0 aliphatic carbocycles. The molecule has 1 aromatic rings. The van der Waals surface area contributed by atoms with Gasteiger partial charge in [0, 0.05) is 13.2 Å². The first-order chi connectivity index (χ1) is 8.05. The van der Waals surface area contributed by atoms with Gasteiger partial charge in [0.15, 0.2) is 0 Å². The van der Waals surface area contributed by atoms with Gasteiger partial charge in [-0.2, -0.15) is 0 Å². The number of hydrogen-bond donors (Lipinski definition) is 0. The predicted molar refractivity (Wildman–Crippen MR) is 72.4 cm³/mol. The quantitative estimate of drug-likeness (QED) is 0.750. The van der Waals surface area contributed by atoms with Crippen LogP contribution < -0.4 is 0 Å². The molecule has 0 atom stereocenters. The zero-order valence-corrected chi connectivity index (χ0v) is 11.3. The maximum absolute atomic E-state index is 5.40. The molecule has 1 saturated heterocycles. The van der Waals surface area contributed by atoms with Gasteiger partial charge in [0.25, 0.3) is 0 Å².